The number of rotatable bonds is 6. The van der Waals surface area contributed by atoms with Gasteiger partial charge in [0.15, 0.2) is 0 Å². The molecule has 0 aliphatic carbocycles. The fraction of sp³-hybridized carbons (Fsp3) is 0.286. The van der Waals surface area contributed by atoms with Gasteiger partial charge in [0.2, 0.25) is 5.90 Å². The van der Waals surface area contributed by atoms with Gasteiger partial charge in [0, 0.05) is 17.7 Å². The Balaban J connectivity index is 1.77. The van der Waals surface area contributed by atoms with Crippen LogP contribution in [0, 0.1) is 0 Å². The SMILES string of the molecule is COc1cc(C(=O)NCc2ccccc2C2=NC(C)(C)CO2)ccc1C(=O)O. The number of nitrogens with one attached hydrogen (secondary N) is 1. The number of hydrogen-bond acceptors (Lipinski definition) is 5. The summed E-state index contributed by atoms with van der Waals surface area (Å²) in [5.74, 6) is -0.739. The van der Waals surface area contributed by atoms with Gasteiger partial charge in [0.1, 0.15) is 17.9 Å². The lowest BCUT2D eigenvalue weighted by molar-refractivity contribution is 0.0692. The molecule has 1 heterocycles. The number of methoxy groups -OCH3 is 1. The molecular formula is C21H22N2O5. The second-order valence-corrected chi connectivity index (χ2v) is 7.08. The minimum Gasteiger partial charge on any atom is -0.496 e. The van der Waals surface area contributed by atoms with Crippen LogP contribution in [-0.2, 0) is 11.3 Å². The van der Waals surface area contributed by atoms with Crippen LogP contribution in [-0.4, -0.2) is 42.1 Å². The van der Waals surface area contributed by atoms with Crippen LogP contribution in [0.15, 0.2) is 47.5 Å². The lowest BCUT2D eigenvalue weighted by Gasteiger charge is -2.11. The normalized spacial score (nSPS) is 14.8. The van der Waals surface area contributed by atoms with E-state index in [1.807, 2.05) is 38.1 Å². The van der Waals surface area contributed by atoms with Gasteiger partial charge in [-0.1, -0.05) is 18.2 Å². The summed E-state index contributed by atoms with van der Waals surface area (Å²) >= 11 is 0. The van der Waals surface area contributed by atoms with Crippen molar-refractivity contribution in [3.63, 3.8) is 0 Å². The third-order valence-electron chi connectivity index (χ3n) is 4.35. The van der Waals surface area contributed by atoms with Crippen molar-refractivity contribution < 1.29 is 24.2 Å². The fourth-order valence-electron chi connectivity index (χ4n) is 2.89. The molecular weight excluding hydrogens is 360 g/mol. The van der Waals surface area contributed by atoms with Crippen LogP contribution in [0.4, 0.5) is 0 Å². The maximum atomic E-state index is 12.5. The van der Waals surface area contributed by atoms with Gasteiger partial charge in [-0.15, -0.1) is 0 Å². The highest BCUT2D eigenvalue weighted by molar-refractivity contribution is 5.99. The van der Waals surface area contributed by atoms with Crippen LogP contribution in [0.2, 0.25) is 0 Å². The van der Waals surface area contributed by atoms with E-state index in [1.54, 1.807) is 0 Å². The topological polar surface area (TPSA) is 97.2 Å². The molecule has 0 saturated carbocycles. The summed E-state index contributed by atoms with van der Waals surface area (Å²) in [4.78, 5) is 28.3. The molecule has 7 nitrogen and oxygen atoms in total. The van der Waals surface area contributed by atoms with Gasteiger partial charge in [-0.05, 0) is 43.7 Å². The number of benzene rings is 2. The number of carboxylic acids is 1. The van der Waals surface area contributed by atoms with Crippen molar-refractivity contribution in [1.29, 1.82) is 0 Å². The zero-order valence-corrected chi connectivity index (χ0v) is 16.0. The van der Waals surface area contributed by atoms with E-state index in [4.69, 9.17) is 14.6 Å². The van der Waals surface area contributed by atoms with Crippen molar-refractivity contribution in [2.45, 2.75) is 25.9 Å². The zero-order valence-electron chi connectivity index (χ0n) is 16.0. The van der Waals surface area contributed by atoms with Crippen LogP contribution in [0.1, 0.15) is 45.7 Å². The molecule has 28 heavy (non-hydrogen) atoms. The van der Waals surface area contributed by atoms with E-state index in [0.29, 0.717) is 18.1 Å². The molecule has 0 fully saturated rings. The number of carboxylic acid groups (broad SMARTS) is 1. The standard InChI is InChI=1S/C21H22N2O5/c1-21(2)12-28-19(23-21)15-7-5-4-6-14(15)11-22-18(24)13-8-9-16(20(25)26)17(10-13)27-3/h4-10H,11-12H2,1-3H3,(H,22,24)(H,25,26). The number of aromatic carboxylic acids is 1. The number of amides is 1. The lowest BCUT2D eigenvalue weighted by Crippen LogP contribution is -2.24. The number of carbonyl (C=O) groups is 2. The summed E-state index contributed by atoms with van der Waals surface area (Å²) in [5.41, 5.74) is 1.76. The molecule has 3 rings (SSSR count). The summed E-state index contributed by atoms with van der Waals surface area (Å²) in [6, 6.07) is 11.8. The number of nitrogens with zero attached hydrogens (tertiary/aromatic N) is 1. The number of carbonyl (C=O) groups excluding carboxylic acids is 1. The molecule has 2 N–H and O–H groups in total. The molecule has 0 saturated heterocycles. The van der Waals surface area contributed by atoms with E-state index < -0.39 is 5.97 Å². The molecule has 1 amide bonds. The average Bonchev–Trinajstić information content (AvgIpc) is 3.05. The van der Waals surface area contributed by atoms with Gasteiger partial charge in [-0.2, -0.15) is 0 Å². The summed E-state index contributed by atoms with van der Waals surface area (Å²) in [6.45, 7) is 4.79. The van der Waals surface area contributed by atoms with E-state index in [9.17, 15) is 9.59 Å². The van der Waals surface area contributed by atoms with Gasteiger partial charge >= 0.3 is 5.97 Å². The Morgan fingerprint density at radius 3 is 2.64 bits per heavy atom. The summed E-state index contributed by atoms with van der Waals surface area (Å²) in [7, 11) is 1.36. The molecule has 2 aromatic carbocycles. The quantitative estimate of drug-likeness (QED) is 0.801. The second-order valence-electron chi connectivity index (χ2n) is 7.08. The van der Waals surface area contributed by atoms with Crippen molar-refractivity contribution in [3.8, 4) is 5.75 Å². The van der Waals surface area contributed by atoms with Gasteiger partial charge < -0.3 is 19.9 Å². The highest BCUT2D eigenvalue weighted by Crippen LogP contribution is 2.23. The molecule has 2 aromatic rings. The van der Waals surface area contributed by atoms with E-state index >= 15 is 0 Å². The summed E-state index contributed by atoms with van der Waals surface area (Å²) in [6.07, 6.45) is 0. The third kappa shape index (κ3) is 4.14. The molecule has 0 atom stereocenters. The van der Waals surface area contributed by atoms with E-state index in [2.05, 4.69) is 10.3 Å². The van der Waals surface area contributed by atoms with Crippen molar-refractivity contribution in [1.82, 2.24) is 5.32 Å². The van der Waals surface area contributed by atoms with Gasteiger partial charge in [-0.25, -0.2) is 9.79 Å². The predicted octanol–water partition coefficient (Wildman–Crippen LogP) is 2.88. The maximum absolute atomic E-state index is 12.5. The first-order valence-corrected chi connectivity index (χ1v) is 8.81. The van der Waals surface area contributed by atoms with Gasteiger partial charge in [-0.3, -0.25) is 4.79 Å². The summed E-state index contributed by atoms with van der Waals surface area (Å²) < 4.78 is 10.8. The van der Waals surface area contributed by atoms with Crippen LogP contribution in [0.3, 0.4) is 0 Å². The first-order chi connectivity index (χ1) is 13.3. The highest BCUT2D eigenvalue weighted by Gasteiger charge is 2.28. The van der Waals surface area contributed by atoms with E-state index in [1.165, 1.54) is 25.3 Å². The Labute approximate surface area is 163 Å². The minimum absolute atomic E-state index is 0.00315. The Morgan fingerprint density at radius 1 is 1.25 bits per heavy atom. The molecule has 0 aromatic heterocycles. The third-order valence-corrected chi connectivity index (χ3v) is 4.35. The molecule has 1 aliphatic heterocycles. The number of ether oxygens (including phenoxy) is 2. The van der Waals surface area contributed by atoms with Crippen molar-refractivity contribution in [2.24, 2.45) is 4.99 Å². The Morgan fingerprint density at radius 2 is 2.00 bits per heavy atom. The predicted molar refractivity (Wildman–Crippen MR) is 104 cm³/mol. The van der Waals surface area contributed by atoms with Crippen LogP contribution < -0.4 is 10.1 Å². The maximum Gasteiger partial charge on any atom is 0.339 e. The van der Waals surface area contributed by atoms with Gasteiger partial charge in [0.05, 0.1) is 12.6 Å². The Kier molecular flexibility index (Phi) is 5.35. The van der Waals surface area contributed by atoms with Crippen molar-refractivity contribution >= 4 is 17.8 Å². The van der Waals surface area contributed by atoms with Crippen LogP contribution in [0.5, 0.6) is 5.75 Å². The van der Waals surface area contributed by atoms with Gasteiger partial charge in [0.25, 0.3) is 5.91 Å². The largest absolute Gasteiger partial charge is 0.496 e. The molecule has 7 heteroatoms. The molecule has 146 valence electrons. The first-order valence-electron chi connectivity index (χ1n) is 8.81. The Bertz CT molecular complexity index is 950. The zero-order chi connectivity index (χ0) is 20.3. The molecule has 0 radical (unpaired) electrons. The molecule has 0 unspecified atom stereocenters. The minimum atomic E-state index is -1.11. The van der Waals surface area contributed by atoms with Crippen LogP contribution in [0.25, 0.3) is 0 Å². The molecule has 0 bridgehead atoms. The first kappa shape index (κ1) is 19.4. The average molecular weight is 382 g/mol. The summed E-state index contributed by atoms with van der Waals surface area (Å²) in [5, 5.41) is 12.0. The smallest absolute Gasteiger partial charge is 0.339 e. The van der Waals surface area contributed by atoms with Crippen molar-refractivity contribution in [2.75, 3.05) is 13.7 Å². The Hall–Kier alpha value is -3.35. The van der Waals surface area contributed by atoms with Crippen LogP contribution >= 0.6 is 0 Å². The van der Waals surface area contributed by atoms with Crippen molar-refractivity contribution in [3.05, 3.63) is 64.7 Å². The second kappa shape index (κ2) is 7.72. The molecule has 1 aliphatic rings. The number of hydrogen-bond donors (Lipinski definition) is 2. The highest BCUT2D eigenvalue weighted by atomic mass is 16.5. The van der Waals surface area contributed by atoms with E-state index in [0.717, 1.165) is 11.1 Å². The molecule has 0 spiro atoms. The lowest BCUT2D eigenvalue weighted by atomic mass is 10.1. The van der Waals surface area contributed by atoms with E-state index in [-0.39, 0.29) is 29.3 Å². The number of aliphatic imine (C=N–C) groups is 1. The fourth-order valence-corrected chi connectivity index (χ4v) is 2.89. The monoisotopic (exact) mass is 382 g/mol.